The van der Waals surface area contributed by atoms with Crippen LogP contribution in [-0.2, 0) is 6.54 Å². The molecule has 1 aromatic heterocycles. The number of pyridine rings is 1. The van der Waals surface area contributed by atoms with E-state index in [9.17, 15) is 0 Å². The first kappa shape index (κ1) is 18.6. The summed E-state index contributed by atoms with van der Waals surface area (Å²) in [5.41, 5.74) is 3.62. The summed E-state index contributed by atoms with van der Waals surface area (Å²) in [5, 5.41) is 3.60. The van der Waals surface area contributed by atoms with Crippen molar-refractivity contribution in [3.8, 4) is 5.75 Å². The molecule has 0 radical (unpaired) electrons. The van der Waals surface area contributed by atoms with Gasteiger partial charge in [0.25, 0.3) is 0 Å². The molecule has 2 heterocycles. The number of benzene rings is 1. The van der Waals surface area contributed by atoms with Crippen molar-refractivity contribution in [2.24, 2.45) is 0 Å². The minimum absolute atomic E-state index is 0.505. The van der Waals surface area contributed by atoms with E-state index in [0.29, 0.717) is 5.92 Å². The molecule has 1 N–H and O–H groups in total. The van der Waals surface area contributed by atoms with Crippen LogP contribution in [0.4, 0.5) is 11.5 Å². The highest BCUT2D eigenvalue weighted by Gasteiger charge is 2.15. The van der Waals surface area contributed by atoms with Crippen LogP contribution in [-0.4, -0.2) is 25.2 Å². The van der Waals surface area contributed by atoms with Crippen LogP contribution in [0.15, 0.2) is 36.5 Å². The van der Waals surface area contributed by atoms with E-state index in [-0.39, 0.29) is 0 Å². The highest BCUT2D eigenvalue weighted by molar-refractivity contribution is 5.65. The molecule has 0 aliphatic carbocycles. The molecule has 0 atom stereocenters. The van der Waals surface area contributed by atoms with E-state index in [1.54, 1.807) is 7.11 Å². The van der Waals surface area contributed by atoms with Gasteiger partial charge >= 0.3 is 0 Å². The smallest absolute Gasteiger partial charge is 0.151 e. The summed E-state index contributed by atoms with van der Waals surface area (Å²) in [5.74, 6) is 2.52. The average molecular weight is 354 g/mol. The van der Waals surface area contributed by atoms with E-state index in [1.807, 2.05) is 12.3 Å². The molecule has 0 spiro atoms. The van der Waals surface area contributed by atoms with Crippen LogP contribution in [0.5, 0.6) is 5.75 Å². The summed E-state index contributed by atoms with van der Waals surface area (Å²) in [6, 6.07) is 10.6. The number of anilines is 2. The van der Waals surface area contributed by atoms with E-state index < -0.39 is 0 Å². The van der Waals surface area contributed by atoms with Gasteiger partial charge in [-0.1, -0.05) is 38.8 Å². The van der Waals surface area contributed by atoms with Crippen LogP contribution in [0.25, 0.3) is 0 Å². The maximum absolute atomic E-state index is 5.57. The van der Waals surface area contributed by atoms with E-state index in [0.717, 1.165) is 36.9 Å². The molecule has 1 aromatic carbocycles. The summed E-state index contributed by atoms with van der Waals surface area (Å²) in [7, 11) is 1.74. The van der Waals surface area contributed by atoms with Crippen LogP contribution < -0.4 is 15.0 Å². The van der Waals surface area contributed by atoms with Crippen molar-refractivity contribution < 1.29 is 4.74 Å². The van der Waals surface area contributed by atoms with Crippen LogP contribution in [0.3, 0.4) is 0 Å². The number of nitrogens with one attached hydrogen (secondary N) is 1. The van der Waals surface area contributed by atoms with Crippen molar-refractivity contribution >= 4 is 11.5 Å². The largest absolute Gasteiger partial charge is 0.496 e. The van der Waals surface area contributed by atoms with Gasteiger partial charge in [-0.05, 0) is 42.5 Å². The zero-order valence-electron chi connectivity index (χ0n) is 16.3. The number of ether oxygens (including phenoxy) is 1. The van der Waals surface area contributed by atoms with E-state index in [1.165, 1.54) is 36.8 Å². The predicted molar refractivity (Wildman–Crippen MR) is 109 cm³/mol. The van der Waals surface area contributed by atoms with Gasteiger partial charge in [-0.25, -0.2) is 4.98 Å². The van der Waals surface area contributed by atoms with Crippen molar-refractivity contribution in [3.63, 3.8) is 0 Å². The molecule has 140 valence electrons. The molecule has 1 aliphatic rings. The molecule has 2 aromatic rings. The number of hydrogen-bond acceptors (Lipinski definition) is 4. The van der Waals surface area contributed by atoms with Crippen molar-refractivity contribution in [2.75, 3.05) is 30.4 Å². The third-order valence-electron chi connectivity index (χ3n) is 5.13. The summed E-state index contributed by atoms with van der Waals surface area (Å²) < 4.78 is 5.57. The van der Waals surface area contributed by atoms with Gasteiger partial charge in [-0.2, -0.15) is 0 Å². The van der Waals surface area contributed by atoms with E-state index in [2.05, 4.69) is 53.3 Å². The molecule has 1 aliphatic heterocycles. The lowest BCUT2D eigenvalue weighted by Crippen LogP contribution is -2.26. The van der Waals surface area contributed by atoms with Gasteiger partial charge in [0, 0.05) is 31.4 Å². The molecule has 1 saturated heterocycles. The Bertz CT molecular complexity index is 706. The van der Waals surface area contributed by atoms with Gasteiger partial charge in [0.15, 0.2) is 5.82 Å². The van der Waals surface area contributed by atoms with Gasteiger partial charge < -0.3 is 15.0 Å². The minimum Gasteiger partial charge on any atom is -0.496 e. The van der Waals surface area contributed by atoms with Crippen molar-refractivity contribution in [1.82, 2.24) is 4.98 Å². The molecule has 4 nitrogen and oxygen atoms in total. The first-order valence-electron chi connectivity index (χ1n) is 9.79. The summed E-state index contributed by atoms with van der Waals surface area (Å²) in [6.45, 7) is 7.36. The Morgan fingerprint density at radius 3 is 2.58 bits per heavy atom. The maximum atomic E-state index is 5.57. The zero-order valence-corrected chi connectivity index (χ0v) is 16.3. The summed E-state index contributed by atoms with van der Waals surface area (Å²) in [6.07, 6.45) is 7.04. The lowest BCUT2D eigenvalue weighted by Gasteiger charge is -2.24. The highest BCUT2D eigenvalue weighted by atomic mass is 16.5. The monoisotopic (exact) mass is 353 g/mol. The first-order chi connectivity index (χ1) is 12.7. The van der Waals surface area contributed by atoms with Crippen molar-refractivity contribution in [1.29, 1.82) is 0 Å². The third-order valence-corrected chi connectivity index (χ3v) is 5.13. The second-order valence-electron chi connectivity index (χ2n) is 7.36. The average Bonchev–Trinajstić information content (AvgIpc) is 2.95. The minimum atomic E-state index is 0.505. The van der Waals surface area contributed by atoms with Gasteiger partial charge in [-0.15, -0.1) is 0 Å². The Morgan fingerprint density at radius 1 is 1.12 bits per heavy atom. The Kier molecular flexibility index (Phi) is 6.37. The Balaban J connectivity index is 1.79. The topological polar surface area (TPSA) is 37.4 Å². The fourth-order valence-electron chi connectivity index (χ4n) is 3.56. The maximum Gasteiger partial charge on any atom is 0.151 e. The Morgan fingerprint density at radius 2 is 1.88 bits per heavy atom. The summed E-state index contributed by atoms with van der Waals surface area (Å²) in [4.78, 5) is 7.10. The molecule has 4 heteroatoms. The fourth-order valence-corrected chi connectivity index (χ4v) is 3.56. The van der Waals surface area contributed by atoms with Gasteiger partial charge in [0.2, 0.25) is 0 Å². The van der Waals surface area contributed by atoms with Gasteiger partial charge in [-0.3, -0.25) is 0 Å². The highest BCUT2D eigenvalue weighted by Crippen LogP contribution is 2.28. The Labute approximate surface area is 157 Å². The predicted octanol–water partition coefficient (Wildman–Crippen LogP) is 5.21. The standard InChI is InChI=1S/C22H31N3O/c1-17(2)18-10-11-21(26-3)19(15-18)16-24-20-9-8-12-23-22(20)25-13-6-4-5-7-14-25/h8-12,15,17,24H,4-7,13-14,16H2,1-3H3. The first-order valence-corrected chi connectivity index (χ1v) is 9.79. The molecule has 26 heavy (non-hydrogen) atoms. The normalized spacial score (nSPS) is 15.0. The van der Waals surface area contributed by atoms with Crippen molar-refractivity contribution in [2.45, 2.75) is 52.0 Å². The molecule has 1 fully saturated rings. The van der Waals surface area contributed by atoms with Crippen LogP contribution >= 0.6 is 0 Å². The number of methoxy groups -OCH3 is 1. The lowest BCUT2D eigenvalue weighted by molar-refractivity contribution is 0.410. The Hall–Kier alpha value is -2.23. The quantitative estimate of drug-likeness (QED) is 0.774. The molecule has 0 saturated carbocycles. The SMILES string of the molecule is COc1ccc(C(C)C)cc1CNc1cccnc1N1CCCCCC1. The van der Waals surface area contributed by atoms with Crippen LogP contribution in [0, 0.1) is 0 Å². The zero-order chi connectivity index (χ0) is 18.4. The molecular formula is C22H31N3O. The van der Waals surface area contributed by atoms with Gasteiger partial charge in [0.1, 0.15) is 5.75 Å². The van der Waals surface area contributed by atoms with E-state index in [4.69, 9.17) is 4.74 Å². The molecule has 0 amide bonds. The summed E-state index contributed by atoms with van der Waals surface area (Å²) >= 11 is 0. The number of rotatable bonds is 6. The number of hydrogen-bond donors (Lipinski definition) is 1. The number of aromatic nitrogens is 1. The fraction of sp³-hybridized carbons (Fsp3) is 0.500. The second kappa shape index (κ2) is 8.93. The lowest BCUT2D eigenvalue weighted by atomic mass is 10.00. The second-order valence-corrected chi connectivity index (χ2v) is 7.36. The molecular weight excluding hydrogens is 322 g/mol. The molecule has 0 bridgehead atoms. The number of nitrogens with zero attached hydrogens (tertiary/aromatic N) is 2. The molecule has 3 rings (SSSR count). The third kappa shape index (κ3) is 4.48. The van der Waals surface area contributed by atoms with E-state index >= 15 is 0 Å². The van der Waals surface area contributed by atoms with Crippen LogP contribution in [0.1, 0.15) is 56.6 Å². The van der Waals surface area contributed by atoms with Gasteiger partial charge in [0.05, 0.1) is 12.8 Å². The molecule has 0 unspecified atom stereocenters. The van der Waals surface area contributed by atoms with Crippen molar-refractivity contribution in [3.05, 3.63) is 47.7 Å². The van der Waals surface area contributed by atoms with Crippen LogP contribution in [0.2, 0.25) is 0 Å².